The first kappa shape index (κ1) is 10.8. The van der Waals surface area contributed by atoms with Crippen molar-refractivity contribution >= 4 is 17.3 Å². The third-order valence-corrected chi connectivity index (χ3v) is 3.04. The smallest absolute Gasteiger partial charge is 0.163 e. The number of hydrogen-bond acceptors (Lipinski definition) is 1. The molecule has 2 atom stereocenters. The summed E-state index contributed by atoms with van der Waals surface area (Å²) < 4.78 is 0. The van der Waals surface area contributed by atoms with Gasteiger partial charge in [-0.3, -0.25) is 0 Å². The molecule has 1 rings (SSSR count). The second-order valence-corrected chi connectivity index (χ2v) is 4.66. The summed E-state index contributed by atoms with van der Waals surface area (Å²) >= 11 is 4.75. The molecule has 0 aromatic carbocycles. The molecule has 0 aliphatic heterocycles. The first-order valence-electron chi connectivity index (χ1n) is 5.21. The molecule has 0 radical (unpaired) electrons. The second-order valence-electron chi connectivity index (χ2n) is 4.22. The van der Waals surface area contributed by atoms with Gasteiger partial charge in [-0.2, -0.15) is 0 Å². The van der Waals surface area contributed by atoms with Crippen LogP contribution in [-0.2, 0) is 0 Å². The maximum absolute atomic E-state index is 5.36. The lowest BCUT2D eigenvalue weighted by atomic mass is 9.81. The Hall–Kier alpha value is -0.310. The molecule has 3 N–H and O–H groups in total. The van der Waals surface area contributed by atoms with Crippen molar-refractivity contribution in [3.8, 4) is 0 Å². The molecule has 76 valence electrons. The summed E-state index contributed by atoms with van der Waals surface area (Å²) in [4.78, 5) is 0. The Labute approximate surface area is 86.3 Å². The summed E-state index contributed by atoms with van der Waals surface area (Å²) in [6.07, 6.45) is 6.82. The SMILES string of the molecule is CC1CCCC(CCNC(N)=S)C1. The van der Waals surface area contributed by atoms with Crippen LogP contribution in [0.25, 0.3) is 0 Å². The van der Waals surface area contributed by atoms with Crippen LogP contribution >= 0.6 is 12.2 Å². The Bertz CT molecular complexity index is 170. The van der Waals surface area contributed by atoms with Gasteiger partial charge in [0.2, 0.25) is 0 Å². The average molecular weight is 200 g/mol. The molecule has 3 heteroatoms. The third kappa shape index (κ3) is 4.46. The lowest BCUT2D eigenvalue weighted by Gasteiger charge is -2.26. The first-order valence-corrected chi connectivity index (χ1v) is 5.62. The molecule has 0 aromatic rings. The maximum atomic E-state index is 5.36. The predicted molar refractivity (Wildman–Crippen MR) is 60.5 cm³/mol. The van der Waals surface area contributed by atoms with Crippen LogP contribution in [0.2, 0.25) is 0 Å². The molecule has 0 heterocycles. The largest absolute Gasteiger partial charge is 0.376 e. The quantitative estimate of drug-likeness (QED) is 0.685. The van der Waals surface area contributed by atoms with Crippen molar-refractivity contribution in [1.82, 2.24) is 5.32 Å². The summed E-state index contributed by atoms with van der Waals surface area (Å²) in [5.41, 5.74) is 5.36. The first-order chi connectivity index (χ1) is 6.18. The molecule has 1 aliphatic carbocycles. The molecule has 0 bridgehead atoms. The Morgan fingerprint density at radius 2 is 2.31 bits per heavy atom. The number of rotatable bonds is 3. The normalized spacial score (nSPS) is 28.4. The monoisotopic (exact) mass is 200 g/mol. The fraction of sp³-hybridized carbons (Fsp3) is 0.900. The number of hydrogen-bond donors (Lipinski definition) is 2. The molecule has 2 nitrogen and oxygen atoms in total. The van der Waals surface area contributed by atoms with Crippen molar-refractivity contribution in [2.24, 2.45) is 17.6 Å². The number of thiocarbonyl (C=S) groups is 1. The molecule has 0 spiro atoms. The van der Waals surface area contributed by atoms with Crippen LogP contribution in [0.15, 0.2) is 0 Å². The molecular formula is C10H20N2S. The van der Waals surface area contributed by atoms with Crippen LogP contribution in [0.3, 0.4) is 0 Å². The zero-order valence-corrected chi connectivity index (χ0v) is 9.20. The van der Waals surface area contributed by atoms with Crippen LogP contribution in [0.5, 0.6) is 0 Å². The summed E-state index contributed by atoms with van der Waals surface area (Å²) in [7, 11) is 0. The molecular weight excluding hydrogens is 180 g/mol. The highest BCUT2D eigenvalue weighted by atomic mass is 32.1. The Morgan fingerprint density at radius 3 is 2.92 bits per heavy atom. The summed E-state index contributed by atoms with van der Waals surface area (Å²) in [5, 5.41) is 3.45. The van der Waals surface area contributed by atoms with Crippen LogP contribution in [0, 0.1) is 11.8 Å². The fourth-order valence-electron chi connectivity index (χ4n) is 2.22. The van der Waals surface area contributed by atoms with Gasteiger partial charge in [-0.15, -0.1) is 0 Å². The Morgan fingerprint density at radius 1 is 1.54 bits per heavy atom. The van der Waals surface area contributed by atoms with E-state index in [0.29, 0.717) is 5.11 Å². The second kappa shape index (κ2) is 5.43. The standard InChI is InChI=1S/C10H20N2S/c1-8-3-2-4-9(7-8)5-6-12-10(11)13/h8-9H,2-7H2,1H3,(H3,11,12,13). The van der Waals surface area contributed by atoms with Crippen molar-refractivity contribution in [2.45, 2.75) is 39.0 Å². The highest BCUT2D eigenvalue weighted by Gasteiger charge is 2.17. The van der Waals surface area contributed by atoms with E-state index in [9.17, 15) is 0 Å². The van der Waals surface area contributed by atoms with E-state index in [1.807, 2.05) is 0 Å². The lowest BCUT2D eigenvalue weighted by Crippen LogP contribution is -2.31. The summed E-state index contributed by atoms with van der Waals surface area (Å²) in [5.74, 6) is 1.81. The van der Waals surface area contributed by atoms with Gasteiger partial charge in [-0.05, 0) is 36.9 Å². The average Bonchev–Trinajstić information content (AvgIpc) is 2.03. The predicted octanol–water partition coefficient (Wildman–Crippen LogP) is 2.04. The minimum Gasteiger partial charge on any atom is -0.376 e. The minimum absolute atomic E-state index is 0.434. The summed E-state index contributed by atoms with van der Waals surface area (Å²) in [6, 6.07) is 0. The zero-order chi connectivity index (χ0) is 9.68. The molecule has 0 aromatic heterocycles. The van der Waals surface area contributed by atoms with Crippen molar-refractivity contribution in [3.63, 3.8) is 0 Å². The van der Waals surface area contributed by atoms with Gasteiger partial charge in [-0.25, -0.2) is 0 Å². The highest BCUT2D eigenvalue weighted by Crippen LogP contribution is 2.30. The molecule has 0 amide bonds. The molecule has 1 aliphatic rings. The van der Waals surface area contributed by atoms with Gasteiger partial charge in [0.1, 0.15) is 0 Å². The Balaban J connectivity index is 2.10. The van der Waals surface area contributed by atoms with E-state index < -0.39 is 0 Å². The van der Waals surface area contributed by atoms with Crippen LogP contribution in [0.4, 0.5) is 0 Å². The van der Waals surface area contributed by atoms with Gasteiger partial charge in [0, 0.05) is 6.54 Å². The zero-order valence-electron chi connectivity index (χ0n) is 8.38. The molecule has 1 fully saturated rings. The summed E-state index contributed by atoms with van der Waals surface area (Å²) in [6.45, 7) is 3.31. The fourth-order valence-corrected chi connectivity index (χ4v) is 2.32. The van der Waals surface area contributed by atoms with Crippen molar-refractivity contribution in [2.75, 3.05) is 6.54 Å². The van der Waals surface area contributed by atoms with Crippen molar-refractivity contribution in [3.05, 3.63) is 0 Å². The van der Waals surface area contributed by atoms with Gasteiger partial charge in [0.25, 0.3) is 0 Å². The van der Waals surface area contributed by atoms with E-state index in [4.69, 9.17) is 18.0 Å². The topological polar surface area (TPSA) is 38.0 Å². The van der Waals surface area contributed by atoms with Crippen molar-refractivity contribution in [1.29, 1.82) is 0 Å². The van der Waals surface area contributed by atoms with E-state index >= 15 is 0 Å². The van der Waals surface area contributed by atoms with Gasteiger partial charge < -0.3 is 11.1 Å². The maximum Gasteiger partial charge on any atom is 0.163 e. The van der Waals surface area contributed by atoms with Crippen molar-refractivity contribution < 1.29 is 0 Å². The van der Waals surface area contributed by atoms with Gasteiger partial charge >= 0.3 is 0 Å². The molecule has 2 unspecified atom stereocenters. The third-order valence-electron chi connectivity index (χ3n) is 2.90. The van der Waals surface area contributed by atoms with E-state index in [1.165, 1.54) is 32.1 Å². The van der Waals surface area contributed by atoms with Gasteiger partial charge in [-0.1, -0.05) is 26.2 Å². The lowest BCUT2D eigenvalue weighted by molar-refractivity contribution is 0.270. The highest BCUT2D eigenvalue weighted by molar-refractivity contribution is 7.80. The van der Waals surface area contributed by atoms with Crippen LogP contribution in [0.1, 0.15) is 39.0 Å². The molecule has 0 saturated heterocycles. The van der Waals surface area contributed by atoms with Gasteiger partial charge in [0.15, 0.2) is 5.11 Å². The molecule has 1 saturated carbocycles. The Kier molecular flexibility index (Phi) is 4.50. The van der Waals surface area contributed by atoms with Crippen LogP contribution < -0.4 is 11.1 Å². The minimum atomic E-state index is 0.434. The van der Waals surface area contributed by atoms with E-state index in [1.54, 1.807) is 0 Å². The number of nitrogens with two attached hydrogens (primary N) is 1. The van der Waals surface area contributed by atoms with Gasteiger partial charge in [0.05, 0.1) is 0 Å². The molecule has 13 heavy (non-hydrogen) atoms. The van der Waals surface area contributed by atoms with E-state index in [-0.39, 0.29) is 0 Å². The van der Waals surface area contributed by atoms with E-state index in [0.717, 1.165) is 18.4 Å². The van der Waals surface area contributed by atoms with E-state index in [2.05, 4.69) is 12.2 Å². The van der Waals surface area contributed by atoms with Crippen LogP contribution in [-0.4, -0.2) is 11.7 Å². The number of nitrogens with one attached hydrogen (secondary N) is 1.